The number of alkyl halides is 1. The number of hydrogen-bond acceptors (Lipinski definition) is 4. The third-order valence-electron chi connectivity index (χ3n) is 4.48. The first-order valence-corrected chi connectivity index (χ1v) is 11.5. The maximum Gasteiger partial charge on any atom is 0.337 e. The summed E-state index contributed by atoms with van der Waals surface area (Å²) in [6.07, 6.45) is 0.729. The van der Waals surface area contributed by atoms with Gasteiger partial charge in [-0.05, 0) is 36.1 Å². The average Bonchev–Trinajstić information content (AvgIpc) is 2.70. The molecule has 0 aromatic heterocycles. The van der Waals surface area contributed by atoms with Gasteiger partial charge in [-0.3, -0.25) is 0 Å². The van der Waals surface area contributed by atoms with Crippen LogP contribution in [0.5, 0.6) is 0 Å². The maximum absolute atomic E-state index is 12.4. The Morgan fingerprint density at radius 3 is 2.38 bits per heavy atom. The zero-order valence-electron chi connectivity index (χ0n) is 16.6. The molecule has 3 N–H and O–H groups in total. The molecule has 29 heavy (non-hydrogen) atoms. The first-order valence-electron chi connectivity index (χ1n) is 9.46. The highest BCUT2D eigenvalue weighted by molar-refractivity contribution is 7.89. The van der Waals surface area contributed by atoms with Crippen LogP contribution in [0.2, 0.25) is 0 Å². The van der Waals surface area contributed by atoms with Crippen molar-refractivity contribution in [1.82, 2.24) is 4.72 Å². The minimum Gasteiger partial charge on any atom is -0.478 e. The van der Waals surface area contributed by atoms with Gasteiger partial charge in [0.25, 0.3) is 0 Å². The van der Waals surface area contributed by atoms with Crippen LogP contribution in [0, 0.1) is 5.92 Å². The van der Waals surface area contributed by atoms with Crippen molar-refractivity contribution in [3.63, 3.8) is 0 Å². The molecule has 8 heteroatoms. The molecule has 0 amide bonds. The van der Waals surface area contributed by atoms with Crippen LogP contribution in [-0.4, -0.2) is 38.5 Å². The standard InChI is InChI=1S/C21H27ClN2O4S/c1-15(2)13-24-29(27,28)18-8-9-20(19(12-18)21(25)26)23-14-17(10-11-22)16-6-4-3-5-7-16/h3-9,12,15,17,23-24H,10-11,13-14H2,1-2H3,(H,25,26). The summed E-state index contributed by atoms with van der Waals surface area (Å²) in [6, 6.07) is 13.9. The Hall–Kier alpha value is -2.09. The lowest BCUT2D eigenvalue weighted by molar-refractivity contribution is 0.0697. The first-order chi connectivity index (χ1) is 13.7. The molecule has 0 saturated carbocycles. The summed E-state index contributed by atoms with van der Waals surface area (Å²) in [5, 5.41) is 12.7. The van der Waals surface area contributed by atoms with Crippen molar-refractivity contribution >= 4 is 33.3 Å². The van der Waals surface area contributed by atoms with Crippen LogP contribution < -0.4 is 10.0 Å². The van der Waals surface area contributed by atoms with Gasteiger partial charge in [0.1, 0.15) is 0 Å². The van der Waals surface area contributed by atoms with E-state index >= 15 is 0 Å². The van der Waals surface area contributed by atoms with Gasteiger partial charge in [-0.1, -0.05) is 44.2 Å². The highest BCUT2D eigenvalue weighted by Gasteiger charge is 2.20. The van der Waals surface area contributed by atoms with Crippen molar-refractivity contribution in [3.8, 4) is 0 Å². The van der Waals surface area contributed by atoms with Crippen LogP contribution in [0.1, 0.15) is 42.1 Å². The number of anilines is 1. The second-order valence-corrected chi connectivity index (χ2v) is 9.37. The fraction of sp³-hybridized carbons (Fsp3) is 0.381. The number of carboxylic acids is 1. The number of hydrogen-bond donors (Lipinski definition) is 3. The first kappa shape index (κ1) is 23.2. The van der Waals surface area contributed by atoms with Crippen molar-refractivity contribution in [3.05, 3.63) is 59.7 Å². The predicted molar refractivity (Wildman–Crippen MR) is 116 cm³/mol. The zero-order chi connectivity index (χ0) is 21.4. The molecule has 0 heterocycles. The minimum atomic E-state index is -3.77. The molecule has 1 unspecified atom stereocenters. The Morgan fingerprint density at radius 1 is 1.10 bits per heavy atom. The molecule has 0 aliphatic carbocycles. The predicted octanol–water partition coefficient (Wildman–Crippen LogP) is 4.14. The van der Waals surface area contributed by atoms with Crippen molar-refractivity contribution in [2.24, 2.45) is 5.92 Å². The van der Waals surface area contributed by atoms with Gasteiger partial charge in [0.2, 0.25) is 10.0 Å². The van der Waals surface area contributed by atoms with E-state index in [1.54, 1.807) is 0 Å². The number of benzene rings is 2. The summed E-state index contributed by atoms with van der Waals surface area (Å²) < 4.78 is 27.3. The summed E-state index contributed by atoms with van der Waals surface area (Å²) in [6.45, 7) is 4.54. The summed E-state index contributed by atoms with van der Waals surface area (Å²) in [5.74, 6) is -0.471. The molecular formula is C21H27ClN2O4S. The fourth-order valence-electron chi connectivity index (χ4n) is 2.86. The van der Waals surface area contributed by atoms with E-state index in [4.69, 9.17) is 11.6 Å². The largest absolute Gasteiger partial charge is 0.478 e. The number of rotatable bonds is 11. The summed E-state index contributed by atoms with van der Waals surface area (Å²) in [5.41, 5.74) is 1.39. The number of carbonyl (C=O) groups is 1. The van der Waals surface area contributed by atoms with Gasteiger partial charge in [-0.25, -0.2) is 17.9 Å². The van der Waals surface area contributed by atoms with Gasteiger partial charge in [-0.2, -0.15) is 0 Å². The van der Waals surface area contributed by atoms with Gasteiger partial charge in [-0.15, -0.1) is 11.6 Å². The van der Waals surface area contributed by atoms with E-state index in [0.29, 0.717) is 18.1 Å². The quantitative estimate of drug-likeness (QED) is 0.458. The highest BCUT2D eigenvalue weighted by Crippen LogP contribution is 2.25. The molecular weight excluding hydrogens is 412 g/mol. The van der Waals surface area contributed by atoms with Crippen LogP contribution in [0.15, 0.2) is 53.4 Å². The van der Waals surface area contributed by atoms with E-state index in [1.165, 1.54) is 18.2 Å². The molecule has 6 nitrogen and oxygen atoms in total. The molecule has 0 saturated heterocycles. The highest BCUT2D eigenvalue weighted by atomic mass is 35.5. The normalized spacial score (nSPS) is 12.7. The smallest absolute Gasteiger partial charge is 0.337 e. The molecule has 0 aliphatic rings. The molecule has 2 rings (SSSR count). The molecule has 158 valence electrons. The molecule has 0 spiro atoms. The fourth-order valence-corrected chi connectivity index (χ4v) is 4.36. The zero-order valence-corrected chi connectivity index (χ0v) is 18.1. The molecule has 2 aromatic carbocycles. The number of sulfonamides is 1. The molecule has 1 atom stereocenters. The third-order valence-corrected chi connectivity index (χ3v) is 6.12. The van der Waals surface area contributed by atoms with E-state index in [2.05, 4.69) is 10.0 Å². The number of halogens is 1. The monoisotopic (exact) mass is 438 g/mol. The van der Waals surface area contributed by atoms with Crippen LogP contribution in [-0.2, 0) is 10.0 Å². The Morgan fingerprint density at radius 2 is 1.79 bits per heavy atom. The van der Waals surface area contributed by atoms with E-state index in [9.17, 15) is 18.3 Å². The lowest BCUT2D eigenvalue weighted by atomic mass is 9.96. The summed E-state index contributed by atoms with van der Waals surface area (Å²) >= 11 is 5.94. The Bertz CT molecular complexity index is 918. The van der Waals surface area contributed by atoms with Crippen LogP contribution in [0.4, 0.5) is 5.69 Å². The van der Waals surface area contributed by atoms with Crippen molar-refractivity contribution in [2.45, 2.75) is 31.1 Å². The molecule has 0 fully saturated rings. The third kappa shape index (κ3) is 6.73. The molecule has 0 bridgehead atoms. The molecule has 0 aliphatic heterocycles. The topological polar surface area (TPSA) is 95.5 Å². The Kier molecular flexibility index (Phi) is 8.49. The second kappa shape index (κ2) is 10.6. The van der Waals surface area contributed by atoms with Gasteiger partial charge in [0, 0.05) is 30.6 Å². The average molecular weight is 439 g/mol. The van der Waals surface area contributed by atoms with E-state index in [-0.39, 0.29) is 28.8 Å². The van der Waals surface area contributed by atoms with E-state index < -0.39 is 16.0 Å². The number of carboxylic acid groups (broad SMARTS) is 1. The van der Waals surface area contributed by atoms with Gasteiger partial charge in [0.05, 0.1) is 10.5 Å². The van der Waals surface area contributed by atoms with Crippen LogP contribution in [0.25, 0.3) is 0 Å². The number of nitrogens with one attached hydrogen (secondary N) is 2. The lowest BCUT2D eigenvalue weighted by Gasteiger charge is -2.19. The summed E-state index contributed by atoms with van der Waals surface area (Å²) in [7, 11) is -3.77. The molecule has 0 radical (unpaired) electrons. The number of aromatic carboxylic acids is 1. The van der Waals surface area contributed by atoms with Crippen molar-refractivity contribution in [2.75, 3.05) is 24.3 Å². The summed E-state index contributed by atoms with van der Waals surface area (Å²) in [4.78, 5) is 11.7. The maximum atomic E-state index is 12.4. The lowest BCUT2D eigenvalue weighted by Crippen LogP contribution is -2.27. The van der Waals surface area contributed by atoms with Gasteiger partial charge >= 0.3 is 5.97 Å². The second-order valence-electron chi connectivity index (χ2n) is 7.22. The van der Waals surface area contributed by atoms with Crippen molar-refractivity contribution < 1.29 is 18.3 Å². The van der Waals surface area contributed by atoms with Crippen molar-refractivity contribution in [1.29, 1.82) is 0 Å². The Labute approximate surface area is 177 Å². The van der Waals surface area contributed by atoms with Gasteiger partial charge < -0.3 is 10.4 Å². The Balaban J connectivity index is 2.23. The SMILES string of the molecule is CC(C)CNS(=O)(=O)c1ccc(NCC(CCCl)c2ccccc2)c(C(=O)O)c1. The minimum absolute atomic E-state index is 0.0681. The van der Waals surface area contributed by atoms with Crippen LogP contribution >= 0.6 is 11.6 Å². The van der Waals surface area contributed by atoms with E-state index in [0.717, 1.165) is 12.0 Å². The van der Waals surface area contributed by atoms with Crippen LogP contribution in [0.3, 0.4) is 0 Å². The van der Waals surface area contributed by atoms with E-state index in [1.807, 2.05) is 44.2 Å². The van der Waals surface area contributed by atoms with Gasteiger partial charge in [0.15, 0.2) is 0 Å². The molecule has 2 aromatic rings.